The lowest BCUT2D eigenvalue weighted by molar-refractivity contribution is -0.149. The summed E-state index contributed by atoms with van der Waals surface area (Å²) in [7, 11) is 6.21. The number of likely N-dealkylation sites (tertiary alicyclic amines) is 1. The zero-order valence-corrected chi connectivity index (χ0v) is 59.3. The molecule has 0 aromatic heterocycles. The highest BCUT2D eigenvalue weighted by Crippen LogP contribution is 2.33. The van der Waals surface area contributed by atoms with Crippen LogP contribution in [0.1, 0.15) is 158 Å². The topological polar surface area (TPSA) is 281 Å². The first-order valence-electron chi connectivity index (χ1n) is 34.0. The molecule has 23 heteroatoms. The minimum absolute atomic E-state index is 0.0634. The van der Waals surface area contributed by atoms with E-state index in [1.807, 2.05) is 59.7 Å². The minimum atomic E-state index is -0.952. The number of benzene rings is 3. The molecule has 0 bridgehead atoms. The van der Waals surface area contributed by atoms with Gasteiger partial charge in [0.25, 0.3) is 11.8 Å². The first kappa shape index (κ1) is 79.4. The molecule has 23 nitrogen and oxygen atoms in total. The number of carbonyl (C=O) groups is 10. The van der Waals surface area contributed by atoms with Crippen LogP contribution in [0.25, 0.3) is 4.85 Å². The van der Waals surface area contributed by atoms with Crippen LogP contribution in [0.15, 0.2) is 90.7 Å². The van der Waals surface area contributed by atoms with Crippen LogP contribution in [0, 0.1) is 48.0 Å². The predicted molar refractivity (Wildman–Crippen MR) is 367 cm³/mol. The number of amides is 8. The molecule has 0 spiro atoms. The normalized spacial score (nSPS) is 17.3. The number of nitrogens with zero attached hydrogens (tertiary/aromatic N) is 5. The van der Waals surface area contributed by atoms with Crippen LogP contribution in [0.2, 0.25) is 0 Å². The highest BCUT2D eigenvalue weighted by atomic mass is 16.6. The SMILES string of the molecule is [C-]#[N+]c1ccc(OC2=CC(=O)N(CCCCCC(=O)N[C@@H](C(=O)C[C@H](C)C(=O)Nc3ccc(COC(=O)N(C)[C@H](C(=O)C[C@H](C(=O)N(C)[C@@H]([C@H](C)CC)[C@@H](CC(=O)N4CCC[C@H]4[C@H](OC)[C@@H](C)C(=O)N[C@@H](C)[C@H](O)c4ccccc4)OC)C(C)C)C(C)C)cc3)C(C)C)C2=O)cc1. The number of nitrogens with one attached hydrogen (secondary N) is 3. The van der Waals surface area contributed by atoms with Crippen molar-refractivity contribution < 1.29 is 72.0 Å². The molecule has 2 aliphatic rings. The van der Waals surface area contributed by atoms with Gasteiger partial charge in [-0.05, 0) is 91.7 Å². The zero-order valence-electron chi connectivity index (χ0n) is 59.3. The number of ether oxygens (including phenoxy) is 4. The minimum Gasteiger partial charge on any atom is -0.451 e. The average molecular weight is 1350 g/mol. The van der Waals surface area contributed by atoms with E-state index in [9.17, 15) is 53.1 Å². The van der Waals surface area contributed by atoms with Gasteiger partial charge >= 0.3 is 6.09 Å². The first-order chi connectivity index (χ1) is 46.0. The van der Waals surface area contributed by atoms with Crippen molar-refractivity contribution >= 4 is 70.4 Å². The lowest BCUT2D eigenvalue weighted by Gasteiger charge is -2.41. The molecule has 5 rings (SSSR count). The molecule has 0 aliphatic carbocycles. The van der Waals surface area contributed by atoms with Gasteiger partial charge in [0.15, 0.2) is 23.0 Å². The summed E-state index contributed by atoms with van der Waals surface area (Å²) in [5.74, 6) is -6.41. The third-order valence-electron chi connectivity index (χ3n) is 18.8. The molecule has 3 aromatic rings. The van der Waals surface area contributed by atoms with Crippen molar-refractivity contribution in [3.63, 3.8) is 0 Å². The molecule has 8 amide bonds. The van der Waals surface area contributed by atoms with E-state index in [1.54, 1.807) is 100.0 Å². The van der Waals surface area contributed by atoms with Gasteiger partial charge in [-0.15, -0.1) is 0 Å². The third kappa shape index (κ3) is 22.1. The summed E-state index contributed by atoms with van der Waals surface area (Å²) in [6.07, 6.45) is 1.11. The molecule has 530 valence electrons. The second-order valence-corrected chi connectivity index (χ2v) is 27.0. The Morgan fingerprint density at radius 1 is 0.742 bits per heavy atom. The van der Waals surface area contributed by atoms with Crippen LogP contribution in [-0.2, 0) is 64.0 Å². The van der Waals surface area contributed by atoms with Gasteiger partial charge in [-0.1, -0.05) is 137 Å². The third-order valence-corrected chi connectivity index (χ3v) is 18.8. The van der Waals surface area contributed by atoms with Crippen molar-refractivity contribution in [2.24, 2.45) is 41.4 Å². The van der Waals surface area contributed by atoms with Crippen molar-refractivity contribution in [3.8, 4) is 5.75 Å². The van der Waals surface area contributed by atoms with Crippen LogP contribution in [0.4, 0.5) is 16.2 Å². The summed E-state index contributed by atoms with van der Waals surface area (Å²) in [6, 6.07) is 18.5. The summed E-state index contributed by atoms with van der Waals surface area (Å²) in [6.45, 7) is 27.6. The fourth-order valence-corrected chi connectivity index (χ4v) is 12.8. The van der Waals surface area contributed by atoms with Crippen LogP contribution in [-0.4, -0.2) is 168 Å². The van der Waals surface area contributed by atoms with E-state index in [0.717, 1.165) is 11.0 Å². The number of ketones is 2. The predicted octanol–water partition coefficient (Wildman–Crippen LogP) is 9.79. The number of rotatable bonds is 38. The average Bonchev–Trinajstić information content (AvgIpc) is 1.81. The number of unbranched alkanes of at least 4 members (excludes halogenated alkanes) is 2. The van der Waals surface area contributed by atoms with Crippen molar-refractivity contribution in [1.82, 2.24) is 30.2 Å². The van der Waals surface area contributed by atoms with Crippen molar-refractivity contribution in [1.29, 1.82) is 0 Å². The number of hydrogen-bond acceptors (Lipinski definition) is 15. The summed E-state index contributed by atoms with van der Waals surface area (Å²) in [4.78, 5) is 146. The Morgan fingerprint density at radius 2 is 1.40 bits per heavy atom. The number of likely N-dealkylation sites (N-methyl/N-ethyl adjacent to an activating group) is 2. The van der Waals surface area contributed by atoms with Gasteiger partial charge < -0.3 is 54.7 Å². The molecule has 1 saturated heterocycles. The van der Waals surface area contributed by atoms with Crippen LogP contribution < -0.4 is 20.7 Å². The Hall–Kier alpha value is -8.33. The first-order valence-corrected chi connectivity index (χ1v) is 34.0. The largest absolute Gasteiger partial charge is 0.451 e. The molecule has 12 atom stereocenters. The summed E-state index contributed by atoms with van der Waals surface area (Å²) in [5, 5.41) is 19.6. The number of anilines is 1. The number of aliphatic hydroxyl groups excluding tert-OH is 1. The fourth-order valence-electron chi connectivity index (χ4n) is 12.8. The summed E-state index contributed by atoms with van der Waals surface area (Å²) >= 11 is 0. The zero-order chi connectivity index (χ0) is 72.0. The van der Waals surface area contributed by atoms with E-state index in [4.69, 9.17) is 25.5 Å². The summed E-state index contributed by atoms with van der Waals surface area (Å²) < 4.78 is 23.4. The molecular formula is C74H104N8O15. The Morgan fingerprint density at radius 3 is 1.99 bits per heavy atom. The second-order valence-electron chi connectivity index (χ2n) is 27.0. The number of hydrogen-bond donors (Lipinski definition) is 4. The van der Waals surface area contributed by atoms with Gasteiger partial charge in [-0.25, -0.2) is 9.64 Å². The van der Waals surface area contributed by atoms with Gasteiger partial charge in [0, 0.05) is 78.2 Å². The highest BCUT2D eigenvalue weighted by Gasteiger charge is 2.44. The standard InChI is InChI=1S/C74H104N8O15/c1-17-47(8)67(60(94-15)41-63(86)81-38-24-27-57(81)69(95-16)49(10)71(90)76-50(11)68(88)52-25-20-18-21-26-52)79(13)72(91)56(44(2)3)40-59(84)66(46(6)7)80(14)74(93)96-43-51-29-31-54(32-30-51)77-70(89)48(9)39-58(83)65(45(4)5)78-62(85)28-22-19-23-37-82-64(87)42-61(73(82)92)97-55-35-33-53(75-12)34-36-55/h18,20-21,25-26,29-36,42,44-50,56-57,60,65-69,88H,17,19,22-24,27-28,37-41,43H2,1-11,13-16H3,(H,76,90)(H,77,89)(H,78,85)/t47-,48+,49-,50+,56+,57+,60-,65-,66+,67+,68+,69-/m1/s1. The number of carbonyl (C=O) groups excluding carboxylic acids is 10. The van der Waals surface area contributed by atoms with Gasteiger partial charge in [0.2, 0.25) is 29.5 Å². The van der Waals surface area contributed by atoms with E-state index in [0.29, 0.717) is 73.3 Å². The number of imide groups is 1. The van der Waals surface area contributed by atoms with Crippen molar-refractivity contribution in [3.05, 3.63) is 113 Å². The molecule has 0 unspecified atom stereocenters. The highest BCUT2D eigenvalue weighted by molar-refractivity contribution is 6.15. The maximum atomic E-state index is 14.9. The van der Waals surface area contributed by atoms with Gasteiger partial charge in [-0.2, -0.15) is 0 Å². The van der Waals surface area contributed by atoms with Crippen LogP contribution in [0.5, 0.6) is 5.75 Å². The molecule has 97 heavy (non-hydrogen) atoms. The molecule has 1 fully saturated rings. The van der Waals surface area contributed by atoms with E-state index < -0.39 is 90.1 Å². The van der Waals surface area contributed by atoms with Gasteiger partial charge in [0.05, 0.1) is 73.5 Å². The van der Waals surface area contributed by atoms with Crippen molar-refractivity contribution in [2.75, 3.05) is 46.7 Å². The smallest absolute Gasteiger partial charge is 0.410 e. The van der Waals surface area contributed by atoms with Gasteiger partial charge in [-0.3, -0.25) is 48.1 Å². The molecule has 0 radical (unpaired) electrons. The lowest BCUT2D eigenvalue weighted by atomic mass is 9.83. The maximum absolute atomic E-state index is 14.9. The molecule has 2 heterocycles. The number of aliphatic hydroxyl groups is 1. The Balaban J connectivity index is 1.09. The lowest BCUT2D eigenvalue weighted by Crippen LogP contribution is -2.55. The van der Waals surface area contributed by atoms with E-state index in [1.165, 1.54) is 38.3 Å². The van der Waals surface area contributed by atoms with Gasteiger partial charge in [0.1, 0.15) is 12.4 Å². The Bertz CT molecular complexity index is 3240. The quantitative estimate of drug-likeness (QED) is 0.0236. The second kappa shape index (κ2) is 38.0. The van der Waals surface area contributed by atoms with E-state index >= 15 is 0 Å². The molecular weight excluding hydrogens is 1240 g/mol. The number of Topliss-reactive ketones (excluding diaryl/α,β-unsaturated/α-hetero) is 2. The van der Waals surface area contributed by atoms with Crippen molar-refractivity contribution in [2.45, 2.75) is 195 Å². The fraction of sp³-hybridized carbons (Fsp3) is 0.581. The summed E-state index contributed by atoms with van der Waals surface area (Å²) in [5.41, 5.74) is 2.09. The monoisotopic (exact) mass is 1340 g/mol. The molecule has 2 aliphatic heterocycles. The van der Waals surface area contributed by atoms with Crippen LogP contribution in [0.3, 0.4) is 0 Å². The number of methoxy groups -OCH3 is 2. The van der Waals surface area contributed by atoms with Crippen LogP contribution >= 0.6 is 0 Å². The maximum Gasteiger partial charge on any atom is 0.410 e. The molecule has 4 N–H and O–H groups in total. The molecule has 0 saturated carbocycles. The van der Waals surface area contributed by atoms with E-state index in [2.05, 4.69) is 20.8 Å². The Kier molecular flexibility index (Phi) is 31.1. The van der Waals surface area contributed by atoms with E-state index in [-0.39, 0.29) is 103 Å². The molecule has 3 aromatic carbocycles. The Labute approximate surface area is 572 Å².